The van der Waals surface area contributed by atoms with Gasteiger partial charge in [-0.1, -0.05) is 84.9 Å². The van der Waals surface area contributed by atoms with Crippen molar-refractivity contribution < 1.29 is 4.79 Å². The van der Waals surface area contributed by atoms with E-state index < -0.39 is 0 Å². The van der Waals surface area contributed by atoms with Crippen LogP contribution in [0.5, 0.6) is 0 Å². The molecule has 0 fully saturated rings. The van der Waals surface area contributed by atoms with E-state index in [0.29, 0.717) is 13.0 Å². The zero-order valence-electron chi connectivity index (χ0n) is 21.1. The van der Waals surface area contributed by atoms with Crippen molar-refractivity contribution in [3.63, 3.8) is 0 Å². The predicted molar refractivity (Wildman–Crippen MR) is 151 cm³/mol. The molecule has 0 saturated carbocycles. The van der Waals surface area contributed by atoms with E-state index in [1.165, 1.54) is 27.6 Å². The molecule has 1 amide bonds. The van der Waals surface area contributed by atoms with E-state index in [1.54, 1.807) is 6.20 Å². The van der Waals surface area contributed by atoms with Gasteiger partial charge in [0.15, 0.2) is 0 Å². The van der Waals surface area contributed by atoms with E-state index in [-0.39, 0.29) is 11.8 Å². The fourth-order valence-electron chi connectivity index (χ4n) is 5.04. The molecule has 0 aliphatic rings. The van der Waals surface area contributed by atoms with Crippen LogP contribution in [0.4, 0.5) is 0 Å². The summed E-state index contributed by atoms with van der Waals surface area (Å²) in [5.41, 5.74) is 6.02. The maximum atomic E-state index is 13.1. The molecule has 0 unspecified atom stereocenters. The number of carbonyl (C=O) groups is 1. The summed E-state index contributed by atoms with van der Waals surface area (Å²) in [4.78, 5) is 17.5. The Morgan fingerprint density at radius 2 is 1.49 bits per heavy atom. The fraction of sp³-hybridized carbons (Fsp3) is 0.212. The first kappa shape index (κ1) is 24.5. The Labute approximate surface area is 219 Å². The van der Waals surface area contributed by atoms with Gasteiger partial charge in [-0.3, -0.25) is 9.78 Å². The highest BCUT2D eigenvalue weighted by Crippen LogP contribution is 2.33. The molecule has 0 aliphatic carbocycles. The molecule has 1 N–H and O–H groups in total. The van der Waals surface area contributed by atoms with E-state index in [9.17, 15) is 4.79 Å². The standard InChI is InChI=1S/C33H33N3O/c37-33(35-22-20-29-15-9-10-21-34-29)23-28(19-18-26-11-3-1-4-12-26)31-25-36(24-27-13-5-2-6-14-27)32-17-8-7-16-30(31)32/h1-17,21,25,28H,18-20,22-24H2,(H,35,37)/t28-/m1/s1. The van der Waals surface area contributed by atoms with Crippen molar-refractivity contribution in [1.29, 1.82) is 0 Å². The average Bonchev–Trinajstić information content (AvgIpc) is 3.31. The number of carbonyl (C=O) groups excluding carboxylic acids is 1. The van der Waals surface area contributed by atoms with Crippen molar-refractivity contribution in [2.75, 3.05) is 6.54 Å². The zero-order chi connectivity index (χ0) is 25.3. The molecule has 4 nitrogen and oxygen atoms in total. The molecule has 37 heavy (non-hydrogen) atoms. The largest absolute Gasteiger partial charge is 0.356 e. The first-order valence-electron chi connectivity index (χ1n) is 13.1. The molecule has 186 valence electrons. The third-order valence-electron chi connectivity index (χ3n) is 6.94. The van der Waals surface area contributed by atoms with Crippen LogP contribution in [-0.4, -0.2) is 22.0 Å². The number of rotatable bonds is 11. The van der Waals surface area contributed by atoms with Gasteiger partial charge < -0.3 is 9.88 Å². The zero-order valence-corrected chi connectivity index (χ0v) is 21.1. The van der Waals surface area contributed by atoms with Gasteiger partial charge in [0.05, 0.1) is 0 Å². The number of para-hydroxylation sites is 1. The van der Waals surface area contributed by atoms with E-state index in [1.807, 2.05) is 24.3 Å². The second kappa shape index (κ2) is 12.2. The van der Waals surface area contributed by atoms with Crippen LogP contribution in [0.2, 0.25) is 0 Å². The van der Waals surface area contributed by atoms with Crippen LogP contribution in [0.1, 0.15) is 41.1 Å². The van der Waals surface area contributed by atoms with Crippen molar-refractivity contribution in [2.24, 2.45) is 0 Å². The topological polar surface area (TPSA) is 46.9 Å². The SMILES string of the molecule is O=C(C[C@@H](CCc1ccccc1)c1cn(Cc2ccccc2)c2ccccc12)NCCc1ccccn1. The number of amides is 1. The predicted octanol–water partition coefficient (Wildman–Crippen LogP) is 6.55. The summed E-state index contributed by atoms with van der Waals surface area (Å²) in [6.07, 6.45) is 7.12. The Hall–Kier alpha value is -4.18. The maximum absolute atomic E-state index is 13.1. The molecule has 0 saturated heterocycles. The third-order valence-corrected chi connectivity index (χ3v) is 6.94. The van der Waals surface area contributed by atoms with Crippen molar-refractivity contribution in [3.8, 4) is 0 Å². The molecule has 1 atom stereocenters. The summed E-state index contributed by atoms with van der Waals surface area (Å²) in [5, 5.41) is 4.37. The maximum Gasteiger partial charge on any atom is 0.220 e. The molecule has 4 heteroatoms. The number of pyridine rings is 1. The van der Waals surface area contributed by atoms with Gasteiger partial charge in [-0.15, -0.1) is 0 Å². The summed E-state index contributed by atoms with van der Waals surface area (Å²) < 4.78 is 2.33. The molecule has 2 heterocycles. The lowest BCUT2D eigenvalue weighted by atomic mass is 9.89. The number of aryl methyl sites for hydroxylation is 1. The summed E-state index contributed by atoms with van der Waals surface area (Å²) in [6, 6.07) is 35.6. The number of aromatic nitrogens is 2. The molecule has 5 aromatic rings. The van der Waals surface area contributed by atoms with Crippen LogP contribution >= 0.6 is 0 Å². The lowest BCUT2D eigenvalue weighted by Gasteiger charge is -2.17. The number of nitrogens with one attached hydrogen (secondary N) is 1. The molecule has 0 radical (unpaired) electrons. The van der Waals surface area contributed by atoms with Gasteiger partial charge in [0.25, 0.3) is 0 Å². The Morgan fingerprint density at radius 1 is 0.784 bits per heavy atom. The minimum atomic E-state index is 0.0916. The van der Waals surface area contributed by atoms with Gasteiger partial charge in [-0.25, -0.2) is 0 Å². The van der Waals surface area contributed by atoms with Crippen LogP contribution < -0.4 is 5.32 Å². The Morgan fingerprint density at radius 3 is 2.24 bits per heavy atom. The van der Waals surface area contributed by atoms with Crippen LogP contribution in [0, 0.1) is 0 Å². The fourth-order valence-corrected chi connectivity index (χ4v) is 5.04. The first-order chi connectivity index (χ1) is 18.3. The highest BCUT2D eigenvalue weighted by molar-refractivity contribution is 5.86. The minimum Gasteiger partial charge on any atom is -0.356 e. The quantitative estimate of drug-likeness (QED) is 0.230. The molecule has 0 aliphatic heterocycles. The van der Waals surface area contributed by atoms with Gasteiger partial charge in [0, 0.05) is 54.9 Å². The molecule has 3 aromatic carbocycles. The first-order valence-corrected chi connectivity index (χ1v) is 13.1. The van der Waals surface area contributed by atoms with Crippen LogP contribution in [0.3, 0.4) is 0 Å². The highest BCUT2D eigenvalue weighted by Gasteiger charge is 2.21. The molecule has 0 spiro atoms. The number of nitrogens with zero attached hydrogens (tertiary/aromatic N) is 2. The lowest BCUT2D eigenvalue weighted by Crippen LogP contribution is -2.27. The van der Waals surface area contributed by atoms with E-state index >= 15 is 0 Å². The van der Waals surface area contributed by atoms with Crippen molar-refractivity contribution >= 4 is 16.8 Å². The van der Waals surface area contributed by atoms with Gasteiger partial charge in [0.2, 0.25) is 5.91 Å². The van der Waals surface area contributed by atoms with E-state index in [4.69, 9.17) is 0 Å². The normalized spacial score (nSPS) is 11.9. The molecule has 0 bridgehead atoms. The summed E-state index contributed by atoms with van der Waals surface area (Å²) in [7, 11) is 0. The molecule has 5 rings (SSSR count). The Balaban J connectivity index is 1.37. The van der Waals surface area contributed by atoms with Crippen molar-refractivity contribution in [3.05, 3.63) is 138 Å². The minimum absolute atomic E-state index is 0.0916. The van der Waals surface area contributed by atoms with E-state index in [0.717, 1.165) is 31.5 Å². The van der Waals surface area contributed by atoms with Crippen LogP contribution in [0.25, 0.3) is 10.9 Å². The van der Waals surface area contributed by atoms with Gasteiger partial charge in [-0.2, -0.15) is 0 Å². The van der Waals surface area contributed by atoms with Crippen molar-refractivity contribution in [1.82, 2.24) is 14.9 Å². The molecular formula is C33H33N3O. The number of hydrogen-bond donors (Lipinski definition) is 1. The average molecular weight is 488 g/mol. The van der Waals surface area contributed by atoms with Gasteiger partial charge >= 0.3 is 0 Å². The third kappa shape index (κ3) is 6.53. The number of hydrogen-bond acceptors (Lipinski definition) is 2. The Bertz CT molecular complexity index is 1410. The Kier molecular flexibility index (Phi) is 8.07. The number of benzene rings is 3. The summed E-state index contributed by atoms with van der Waals surface area (Å²) in [5.74, 6) is 0.214. The smallest absolute Gasteiger partial charge is 0.220 e. The highest BCUT2D eigenvalue weighted by atomic mass is 16.1. The summed E-state index contributed by atoms with van der Waals surface area (Å²) in [6.45, 7) is 1.40. The van der Waals surface area contributed by atoms with E-state index in [2.05, 4.69) is 99.9 Å². The molecule has 2 aromatic heterocycles. The van der Waals surface area contributed by atoms with Crippen molar-refractivity contribution in [2.45, 2.75) is 38.1 Å². The number of fused-ring (bicyclic) bond motifs is 1. The lowest BCUT2D eigenvalue weighted by molar-refractivity contribution is -0.121. The second-order valence-corrected chi connectivity index (χ2v) is 9.56. The summed E-state index contributed by atoms with van der Waals surface area (Å²) >= 11 is 0. The molecular weight excluding hydrogens is 454 g/mol. The van der Waals surface area contributed by atoms with Gasteiger partial charge in [0.1, 0.15) is 0 Å². The van der Waals surface area contributed by atoms with Crippen LogP contribution in [0.15, 0.2) is 116 Å². The monoisotopic (exact) mass is 487 g/mol. The van der Waals surface area contributed by atoms with Gasteiger partial charge in [-0.05, 0) is 53.6 Å². The second-order valence-electron chi connectivity index (χ2n) is 9.56. The van der Waals surface area contributed by atoms with Crippen LogP contribution in [-0.2, 0) is 24.2 Å².